The molecule has 0 aliphatic rings. The fourth-order valence-corrected chi connectivity index (χ4v) is 4.80. The number of ether oxygens (including phenoxy) is 1. The van der Waals surface area contributed by atoms with Crippen molar-refractivity contribution in [2.45, 2.75) is 78.2 Å². The van der Waals surface area contributed by atoms with Gasteiger partial charge in [0.05, 0.1) is 5.60 Å². The van der Waals surface area contributed by atoms with E-state index in [0.29, 0.717) is 18.6 Å². The van der Waals surface area contributed by atoms with Crippen molar-refractivity contribution >= 4 is 18.1 Å². The average Bonchev–Trinajstić information content (AvgIpc) is 2.90. The highest BCUT2D eigenvalue weighted by atomic mass is 16.5. The molecule has 2 amide bonds. The van der Waals surface area contributed by atoms with Gasteiger partial charge < -0.3 is 25.6 Å². The second-order valence-electron chi connectivity index (χ2n) is 9.86. The normalized spacial score (nSPS) is 12.0. The summed E-state index contributed by atoms with van der Waals surface area (Å²) < 4.78 is 5.75. The quantitative estimate of drug-likeness (QED) is 0.236. The molecule has 7 heteroatoms. The largest absolute Gasteiger partial charge is 0.484 e. The smallest absolute Gasteiger partial charge is 0.404 e. The summed E-state index contributed by atoms with van der Waals surface area (Å²) in [5, 5.41) is 24.0. The molecule has 0 saturated carbocycles. The van der Waals surface area contributed by atoms with Crippen LogP contribution in [-0.2, 0) is 10.2 Å². The molecule has 0 bridgehead atoms. The molecule has 2 rings (SSSR count). The zero-order valence-electron chi connectivity index (χ0n) is 23.7. The molecular formula is C31H44N2O5. The van der Waals surface area contributed by atoms with E-state index in [2.05, 4.69) is 61.7 Å². The van der Waals surface area contributed by atoms with Crippen molar-refractivity contribution in [2.24, 2.45) is 0 Å². The lowest BCUT2D eigenvalue weighted by molar-refractivity contribution is -0.123. The number of benzene rings is 2. The molecule has 0 atom stereocenters. The van der Waals surface area contributed by atoms with Crippen LogP contribution in [0.5, 0.6) is 5.75 Å². The van der Waals surface area contributed by atoms with E-state index in [9.17, 15) is 14.7 Å². The standard InChI is InChI=1S/C31H44N2O5/c1-7-30(37,8-2)16-15-24-11-12-25(19-22(24)5)31(9-3,10-4)26-13-14-27(23(6)20-26)38-21-28(34)32-17-18-33-29(35)36/h11-16,19-20,33,37H,7-10,17-18,21H2,1-6H3,(H,32,34)(H,35,36). The first-order chi connectivity index (χ1) is 18.0. The van der Waals surface area contributed by atoms with Crippen LogP contribution in [0.3, 0.4) is 0 Å². The van der Waals surface area contributed by atoms with Gasteiger partial charge in [-0.2, -0.15) is 0 Å². The Morgan fingerprint density at radius 3 is 1.97 bits per heavy atom. The number of rotatable bonds is 14. The number of carboxylic acid groups (broad SMARTS) is 1. The second kappa shape index (κ2) is 14.0. The molecule has 0 aromatic heterocycles. The lowest BCUT2D eigenvalue weighted by Gasteiger charge is -2.34. The number of aryl methyl sites for hydroxylation is 2. The van der Waals surface area contributed by atoms with Gasteiger partial charge in [0.25, 0.3) is 5.91 Å². The molecule has 0 aliphatic heterocycles. The lowest BCUT2D eigenvalue weighted by Crippen LogP contribution is -2.36. The molecule has 2 aromatic rings. The van der Waals surface area contributed by atoms with E-state index in [1.807, 2.05) is 39.0 Å². The Bertz CT molecular complexity index is 1120. The number of hydrogen-bond donors (Lipinski definition) is 4. The monoisotopic (exact) mass is 524 g/mol. The highest BCUT2D eigenvalue weighted by Crippen LogP contribution is 2.41. The first kappa shape index (κ1) is 30.9. The molecule has 0 radical (unpaired) electrons. The first-order valence-electron chi connectivity index (χ1n) is 13.5. The van der Waals surface area contributed by atoms with Crippen molar-refractivity contribution in [3.05, 3.63) is 70.3 Å². The minimum Gasteiger partial charge on any atom is -0.484 e. The Morgan fingerprint density at radius 1 is 0.868 bits per heavy atom. The Kier molecular flexibility index (Phi) is 11.4. The van der Waals surface area contributed by atoms with Crippen LogP contribution in [0.2, 0.25) is 0 Å². The molecule has 0 spiro atoms. The first-order valence-corrected chi connectivity index (χ1v) is 13.5. The zero-order valence-corrected chi connectivity index (χ0v) is 23.7. The summed E-state index contributed by atoms with van der Waals surface area (Å²) in [5.41, 5.74) is 4.72. The summed E-state index contributed by atoms with van der Waals surface area (Å²) in [4.78, 5) is 22.5. The van der Waals surface area contributed by atoms with Gasteiger partial charge in [0.1, 0.15) is 5.75 Å². The van der Waals surface area contributed by atoms with E-state index >= 15 is 0 Å². The van der Waals surface area contributed by atoms with Crippen molar-refractivity contribution < 1.29 is 24.5 Å². The third-order valence-electron chi connectivity index (χ3n) is 7.64. The van der Waals surface area contributed by atoms with Gasteiger partial charge in [0, 0.05) is 18.5 Å². The highest BCUT2D eigenvalue weighted by molar-refractivity contribution is 5.77. The Hall–Kier alpha value is -3.32. The molecule has 208 valence electrons. The number of carbonyl (C=O) groups excluding carboxylic acids is 1. The molecule has 0 unspecified atom stereocenters. The fourth-order valence-electron chi connectivity index (χ4n) is 4.80. The number of carbonyl (C=O) groups is 2. The SMILES string of the molecule is CCC(O)(C=Cc1ccc(C(CC)(CC)c2ccc(OCC(=O)NCCNC(=O)O)c(C)c2)cc1C)CC. The predicted octanol–water partition coefficient (Wildman–Crippen LogP) is 5.74. The molecule has 4 N–H and O–H groups in total. The van der Waals surface area contributed by atoms with Crippen LogP contribution < -0.4 is 15.4 Å². The third-order valence-corrected chi connectivity index (χ3v) is 7.64. The van der Waals surface area contributed by atoms with Crippen LogP contribution in [0.4, 0.5) is 4.79 Å². The van der Waals surface area contributed by atoms with Gasteiger partial charge in [0.15, 0.2) is 6.61 Å². The van der Waals surface area contributed by atoms with Gasteiger partial charge in [-0.05, 0) is 73.4 Å². The summed E-state index contributed by atoms with van der Waals surface area (Å²) in [5.74, 6) is 0.336. The predicted molar refractivity (Wildman–Crippen MR) is 153 cm³/mol. The number of hydrogen-bond acceptors (Lipinski definition) is 4. The van der Waals surface area contributed by atoms with Crippen molar-refractivity contribution in [1.82, 2.24) is 10.6 Å². The highest BCUT2D eigenvalue weighted by Gasteiger charge is 2.31. The molecule has 2 aromatic carbocycles. The minimum absolute atomic E-state index is 0.140. The average molecular weight is 525 g/mol. The maximum absolute atomic E-state index is 12.0. The Morgan fingerprint density at radius 2 is 1.45 bits per heavy atom. The van der Waals surface area contributed by atoms with E-state index < -0.39 is 11.7 Å². The summed E-state index contributed by atoms with van der Waals surface area (Å²) in [6.45, 7) is 12.7. The van der Waals surface area contributed by atoms with Gasteiger partial charge in [-0.1, -0.05) is 70.2 Å². The molecule has 38 heavy (non-hydrogen) atoms. The van der Waals surface area contributed by atoms with Crippen LogP contribution in [0.15, 0.2) is 42.5 Å². The Labute approximate surface area is 227 Å². The van der Waals surface area contributed by atoms with E-state index in [4.69, 9.17) is 9.84 Å². The summed E-state index contributed by atoms with van der Waals surface area (Å²) >= 11 is 0. The van der Waals surface area contributed by atoms with Crippen LogP contribution in [0, 0.1) is 13.8 Å². The number of nitrogens with one attached hydrogen (secondary N) is 2. The van der Waals surface area contributed by atoms with Gasteiger partial charge in [0.2, 0.25) is 0 Å². The Balaban J connectivity index is 2.22. The van der Waals surface area contributed by atoms with E-state index in [-0.39, 0.29) is 31.0 Å². The van der Waals surface area contributed by atoms with Crippen LogP contribution >= 0.6 is 0 Å². The van der Waals surface area contributed by atoms with Crippen molar-refractivity contribution in [3.8, 4) is 5.75 Å². The van der Waals surface area contributed by atoms with Crippen LogP contribution in [0.1, 0.15) is 81.2 Å². The van der Waals surface area contributed by atoms with E-state index in [1.54, 1.807) is 0 Å². The van der Waals surface area contributed by atoms with Crippen LogP contribution in [0.25, 0.3) is 6.08 Å². The van der Waals surface area contributed by atoms with Gasteiger partial charge >= 0.3 is 6.09 Å². The number of aliphatic hydroxyl groups is 1. The maximum atomic E-state index is 12.0. The van der Waals surface area contributed by atoms with E-state index in [1.165, 1.54) is 16.7 Å². The van der Waals surface area contributed by atoms with Crippen molar-refractivity contribution in [1.29, 1.82) is 0 Å². The summed E-state index contributed by atoms with van der Waals surface area (Å²) in [7, 11) is 0. The molecule has 0 saturated heterocycles. The van der Waals surface area contributed by atoms with Gasteiger partial charge in [-0.15, -0.1) is 0 Å². The van der Waals surface area contributed by atoms with Crippen molar-refractivity contribution in [3.63, 3.8) is 0 Å². The van der Waals surface area contributed by atoms with E-state index in [0.717, 1.165) is 24.0 Å². The molecule has 0 fully saturated rings. The maximum Gasteiger partial charge on any atom is 0.404 e. The molecule has 0 aliphatic carbocycles. The van der Waals surface area contributed by atoms with Crippen LogP contribution in [-0.4, -0.2) is 47.5 Å². The number of amides is 2. The second-order valence-corrected chi connectivity index (χ2v) is 9.86. The molecule has 0 heterocycles. The molecular weight excluding hydrogens is 480 g/mol. The minimum atomic E-state index is -1.12. The zero-order chi connectivity index (χ0) is 28.3. The third kappa shape index (κ3) is 7.84. The topological polar surface area (TPSA) is 108 Å². The van der Waals surface area contributed by atoms with Gasteiger partial charge in [-0.3, -0.25) is 4.79 Å². The summed E-state index contributed by atoms with van der Waals surface area (Å²) in [6, 6.07) is 12.7. The van der Waals surface area contributed by atoms with Crippen molar-refractivity contribution in [2.75, 3.05) is 19.7 Å². The summed E-state index contributed by atoms with van der Waals surface area (Å²) in [6.07, 6.45) is 6.03. The molecule has 7 nitrogen and oxygen atoms in total. The fraction of sp³-hybridized carbons (Fsp3) is 0.484. The van der Waals surface area contributed by atoms with Gasteiger partial charge in [-0.25, -0.2) is 4.79 Å². The lowest BCUT2D eigenvalue weighted by atomic mass is 9.70.